The minimum atomic E-state index is -3.87. The van der Waals surface area contributed by atoms with E-state index >= 15 is 0 Å². The predicted molar refractivity (Wildman–Crippen MR) is 73.1 cm³/mol. The van der Waals surface area contributed by atoms with Crippen LogP contribution in [0.3, 0.4) is 0 Å². The normalized spacial score (nSPS) is 11.6. The average molecular weight is 301 g/mol. The topological polar surface area (TPSA) is 92.1 Å². The summed E-state index contributed by atoms with van der Waals surface area (Å²) in [4.78, 5) is 10.6. The number of aromatic carboxylic acids is 1. The fraction of sp³-hybridized carbons (Fsp3) is 0. The number of carbonyl (C=O) groups excluding carboxylic acids is 1. The summed E-state index contributed by atoms with van der Waals surface area (Å²) in [7, 11) is -3.87. The molecule has 7 heteroatoms. The lowest BCUT2D eigenvalue weighted by Gasteiger charge is -2.07. The summed E-state index contributed by atoms with van der Waals surface area (Å²) >= 11 is 0. The molecule has 106 valence electrons. The number of para-hydroxylation sites is 1. The van der Waals surface area contributed by atoms with E-state index in [1.54, 1.807) is 24.3 Å². The van der Waals surface area contributed by atoms with E-state index in [0.717, 1.165) is 4.09 Å². The van der Waals surface area contributed by atoms with Crippen molar-refractivity contribution in [3.8, 4) is 0 Å². The van der Waals surface area contributed by atoms with Crippen LogP contribution >= 0.6 is 0 Å². The van der Waals surface area contributed by atoms with Crippen LogP contribution in [0.4, 0.5) is 0 Å². The fourth-order valence-corrected chi connectivity index (χ4v) is 3.28. The van der Waals surface area contributed by atoms with Gasteiger partial charge in [-0.1, -0.05) is 30.3 Å². The summed E-state index contributed by atoms with van der Waals surface area (Å²) < 4.78 is 26.0. The largest absolute Gasteiger partial charge is 0.545 e. The molecule has 0 amide bonds. The lowest BCUT2D eigenvalue weighted by Crippen LogP contribution is -2.22. The third-order valence-corrected chi connectivity index (χ3v) is 4.67. The number of nitrogens with zero attached hydrogens (tertiary/aromatic N) is 2. The van der Waals surface area contributed by atoms with Crippen molar-refractivity contribution in [2.75, 3.05) is 0 Å². The molecule has 0 saturated heterocycles. The number of fused-ring (bicyclic) bond motifs is 1. The molecule has 0 fully saturated rings. The second-order valence-electron chi connectivity index (χ2n) is 4.36. The summed E-state index contributed by atoms with van der Waals surface area (Å²) in [6.45, 7) is 0. The maximum atomic E-state index is 12.5. The van der Waals surface area contributed by atoms with Crippen LogP contribution in [-0.4, -0.2) is 23.6 Å². The maximum absolute atomic E-state index is 12.5. The highest BCUT2D eigenvalue weighted by Crippen LogP contribution is 2.20. The van der Waals surface area contributed by atoms with Gasteiger partial charge in [-0.2, -0.15) is 17.6 Å². The van der Waals surface area contributed by atoms with Crippen molar-refractivity contribution < 1.29 is 18.3 Å². The minimum absolute atomic E-state index is 0.0404. The van der Waals surface area contributed by atoms with Gasteiger partial charge in [0.05, 0.1) is 22.6 Å². The molecule has 3 aromatic rings. The molecule has 0 atom stereocenters. The van der Waals surface area contributed by atoms with E-state index < -0.39 is 16.0 Å². The van der Waals surface area contributed by atoms with Crippen LogP contribution in [0.1, 0.15) is 10.4 Å². The molecular formula is C14H9N2O4S-. The monoisotopic (exact) mass is 301 g/mol. The molecule has 21 heavy (non-hydrogen) atoms. The van der Waals surface area contributed by atoms with Gasteiger partial charge >= 0.3 is 0 Å². The molecule has 0 radical (unpaired) electrons. The molecule has 1 heterocycles. The Balaban J connectivity index is 2.14. The van der Waals surface area contributed by atoms with Crippen LogP contribution in [0, 0.1) is 0 Å². The average Bonchev–Trinajstić information content (AvgIpc) is 2.92. The van der Waals surface area contributed by atoms with Crippen molar-refractivity contribution in [1.29, 1.82) is 0 Å². The predicted octanol–water partition coefficient (Wildman–Crippen LogP) is 0.637. The number of carboxylic acids is 1. The number of rotatable bonds is 3. The summed E-state index contributed by atoms with van der Waals surface area (Å²) in [5.41, 5.74) is 0.376. The van der Waals surface area contributed by atoms with Gasteiger partial charge in [0.15, 0.2) is 0 Å². The van der Waals surface area contributed by atoms with Gasteiger partial charge in [0.2, 0.25) is 0 Å². The minimum Gasteiger partial charge on any atom is -0.545 e. The smallest absolute Gasteiger partial charge is 0.283 e. The van der Waals surface area contributed by atoms with Gasteiger partial charge in [0.1, 0.15) is 0 Å². The Bertz CT molecular complexity index is 927. The highest BCUT2D eigenvalue weighted by molar-refractivity contribution is 7.90. The fourth-order valence-electron chi connectivity index (χ4n) is 2.00. The lowest BCUT2D eigenvalue weighted by atomic mass is 10.2. The summed E-state index contributed by atoms with van der Waals surface area (Å²) in [5.74, 6) is -1.36. The number of hydrogen-bond donors (Lipinski definition) is 0. The molecule has 1 aromatic heterocycles. The second-order valence-corrected chi connectivity index (χ2v) is 6.13. The first-order valence-corrected chi connectivity index (χ1v) is 7.44. The summed E-state index contributed by atoms with van der Waals surface area (Å²) in [6.07, 6.45) is 1.46. The molecule has 3 rings (SSSR count). The molecule has 0 unspecified atom stereocenters. The third kappa shape index (κ3) is 2.17. The van der Waals surface area contributed by atoms with Crippen molar-refractivity contribution in [3.63, 3.8) is 0 Å². The van der Waals surface area contributed by atoms with Gasteiger partial charge in [0, 0.05) is 5.39 Å². The van der Waals surface area contributed by atoms with Crippen molar-refractivity contribution >= 4 is 26.9 Å². The zero-order chi connectivity index (χ0) is 15.0. The molecule has 0 aliphatic rings. The van der Waals surface area contributed by atoms with Crippen LogP contribution in [0.25, 0.3) is 10.9 Å². The number of carbonyl (C=O) groups is 1. The standard InChI is InChI=1S/C14H10N2O4S/c17-14(18)10-5-7-12(8-6-10)21(19,20)16-13-4-2-1-3-11(13)9-15-16/h1-9H,(H,17,18)/p-1. The highest BCUT2D eigenvalue weighted by Gasteiger charge is 2.20. The first-order chi connectivity index (χ1) is 10.00. The molecule has 2 aromatic carbocycles. The van der Waals surface area contributed by atoms with Crippen LogP contribution in [0.5, 0.6) is 0 Å². The Labute approximate surface area is 120 Å². The van der Waals surface area contributed by atoms with E-state index in [4.69, 9.17) is 0 Å². The van der Waals surface area contributed by atoms with Crippen LogP contribution in [0.15, 0.2) is 59.6 Å². The quantitative estimate of drug-likeness (QED) is 0.707. The zero-order valence-electron chi connectivity index (χ0n) is 10.6. The first-order valence-electron chi connectivity index (χ1n) is 6.00. The van der Waals surface area contributed by atoms with Crippen molar-refractivity contribution in [2.24, 2.45) is 0 Å². The summed E-state index contributed by atoms with van der Waals surface area (Å²) in [5, 5.41) is 15.3. The number of hydrogen-bond acceptors (Lipinski definition) is 5. The summed E-state index contributed by atoms with van der Waals surface area (Å²) in [6, 6.07) is 11.7. The third-order valence-electron chi connectivity index (χ3n) is 3.06. The highest BCUT2D eigenvalue weighted by atomic mass is 32.2. The Hall–Kier alpha value is -2.67. The van der Waals surface area contributed by atoms with E-state index in [1.165, 1.54) is 30.5 Å². The van der Waals surface area contributed by atoms with E-state index in [9.17, 15) is 18.3 Å². The van der Waals surface area contributed by atoms with Crippen molar-refractivity contribution in [1.82, 2.24) is 9.19 Å². The molecule has 0 aliphatic heterocycles. The number of carboxylic acid groups (broad SMARTS) is 1. The SMILES string of the molecule is O=C([O-])c1ccc(S(=O)(=O)n2ncc3ccccc32)cc1. The van der Waals surface area contributed by atoms with E-state index in [2.05, 4.69) is 5.10 Å². The van der Waals surface area contributed by atoms with E-state index in [1.807, 2.05) is 0 Å². The Morgan fingerprint density at radius 1 is 1.05 bits per heavy atom. The van der Waals surface area contributed by atoms with E-state index in [-0.39, 0.29) is 10.5 Å². The van der Waals surface area contributed by atoms with E-state index in [0.29, 0.717) is 10.9 Å². The second kappa shape index (κ2) is 4.71. The van der Waals surface area contributed by atoms with Gasteiger partial charge in [0.25, 0.3) is 10.0 Å². The van der Waals surface area contributed by atoms with Gasteiger partial charge in [-0.25, -0.2) is 0 Å². The van der Waals surface area contributed by atoms with Crippen molar-refractivity contribution in [3.05, 3.63) is 60.3 Å². The van der Waals surface area contributed by atoms with Crippen LogP contribution < -0.4 is 5.11 Å². The first kappa shape index (κ1) is 13.3. The van der Waals surface area contributed by atoms with Gasteiger partial charge in [-0.05, 0) is 23.8 Å². The Morgan fingerprint density at radius 2 is 1.71 bits per heavy atom. The Morgan fingerprint density at radius 3 is 2.38 bits per heavy atom. The Kier molecular flexibility index (Phi) is 2.99. The van der Waals surface area contributed by atoms with Crippen LogP contribution in [0.2, 0.25) is 0 Å². The lowest BCUT2D eigenvalue weighted by molar-refractivity contribution is -0.255. The molecule has 0 spiro atoms. The van der Waals surface area contributed by atoms with Crippen LogP contribution in [-0.2, 0) is 10.0 Å². The molecule has 0 saturated carbocycles. The molecule has 0 bridgehead atoms. The molecular weight excluding hydrogens is 292 g/mol. The molecule has 0 aliphatic carbocycles. The number of benzene rings is 2. The molecule has 0 N–H and O–H groups in total. The van der Waals surface area contributed by atoms with Gasteiger partial charge in [-0.3, -0.25) is 0 Å². The van der Waals surface area contributed by atoms with Gasteiger partial charge in [-0.15, -0.1) is 0 Å². The zero-order valence-corrected chi connectivity index (χ0v) is 11.4. The number of aromatic nitrogens is 2. The molecule has 6 nitrogen and oxygen atoms in total. The van der Waals surface area contributed by atoms with Crippen molar-refractivity contribution in [2.45, 2.75) is 4.90 Å². The maximum Gasteiger partial charge on any atom is 0.283 e. The van der Waals surface area contributed by atoms with Gasteiger partial charge < -0.3 is 9.90 Å².